The van der Waals surface area contributed by atoms with Gasteiger partial charge in [-0.15, -0.1) is 0 Å². The predicted octanol–water partition coefficient (Wildman–Crippen LogP) is 1.22. The van der Waals surface area contributed by atoms with Gasteiger partial charge in [-0.25, -0.2) is 0 Å². The van der Waals surface area contributed by atoms with Gasteiger partial charge in [0.2, 0.25) is 5.91 Å². The summed E-state index contributed by atoms with van der Waals surface area (Å²) in [6.07, 6.45) is 4.53. The molecule has 1 aromatic heterocycles. The minimum absolute atomic E-state index is 0.171. The van der Waals surface area contributed by atoms with Crippen molar-refractivity contribution in [1.29, 1.82) is 0 Å². The fourth-order valence-electron chi connectivity index (χ4n) is 2.36. The third-order valence-electron chi connectivity index (χ3n) is 3.40. The number of carbonyl (C=O) groups is 1. The molecule has 1 amide bonds. The van der Waals surface area contributed by atoms with E-state index < -0.39 is 0 Å². The molecule has 0 bridgehead atoms. The van der Waals surface area contributed by atoms with E-state index in [9.17, 15) is 4.79 Å². The second kappa shape index (κ2) is 6.50. The Hall–Kier alpha value is -1.42. The molecule has 2 rings (SSSR count). The van der Waals surface area contributed by atoms with Crippen molar-refractivity contribution in [2.75, 3.05) is 19.6 Å². The molecule has 1 aliphatic heterocycles. The Bertz CT molecular complexity index is 374. The van der Waals surface area contributed by atoms with Crippen LogP contribution in [0.4, 0.5) is 0 Å². The molecule has 1 unspecified atom stereocenters. The molecule has 1 saturated heterocycles. The van der Waals surface area contributed by atoms with Crippen LogP contribution in [0.1, 0.15) is 25.5 Å². The van der Waals surface area contributed by atoms with E-state index in [0.29, 0.717) is 12.5 Å². The molecule has 0 radical (unpaired) electrons. The van der Waals surface area contributed by atoms with E-state index in [0.717, 1.165) is 25.3 Å². The predicted molar refractivity (Wildman–Crippen MR) is 71.2 cm³/mol. The lowest BCUT2D eigenvalue weighted by Crippen LogP contribution is -2.41. The van der Waals surface area contributed by atoms with Gasteiger partial charge in [0.1, 0.15) is 0 Å². The van der Waals surface area contributed by atoms with Crippen LogP contribution in [0.3, 0.4) is 0 Å². The Kier molecular flexibility index (Phi) is 4.70. The second-order valence-electron chi connectivity index (χ2n) is 4.72. The number of aromatic nitrogens is 1. The summed E-state index contributed by atoms with van der Waals surface area (Å²) in [5.41, 5.74) is 0.848. The number of pyridine rings is 1. The summed E-state index contributed by atoms with van der Waals surface area (Å²) < 4.78 is 0. The highest BCUT2D eigenvalue weighted by Crippen LogP contribution is 2.08. The molecule has 0 aromatic carbocycles. The largest absolute Gasteiger partial charge is 0.341 e. The van der Waals surface area contributed by atoms with Crippen LogP contribution in [0.5, 0.6) is 0 Å². The number of amides is 1. The average molecular weight is 247 g/mol. The van der Waals surface area contributed by atoms with Crippen molar-refractivity contribution in [2.45, 2.75) is 32.2 Å². The maximum absolute atomic E-state index is 12.2. The van der Waals surface area contributed by atoms with Crippen LogP contribution in [0.15, 0.2) is 24.4 Å². The number of hydrogen-bond donors (Lipinski definition) is 1. The molecular formula is C14H21N3O. The molecule has 18 heavy (non-hydrogen) atoms. The van der Waals surface area contributed by atoms with E-state index >= 15 is 0 Å². The zero-order chi connectivity index (χ0) is 12.8. The fraction of sp³-hybridized carbons (Fsp3) is 0.571. The molecule has 0 aliphatic carbocycles. The third-order valence-corrected chi connectivity index (χ3v) is 3.40. The van der Waals surface area contributed by atoms with Gasteiger partial charge in [-0.1, -0.05) is 6.07 Å². The third kappa shape index (κ3) is 3.53. The first-order valence-corrected chi connectivity index (χ1v) is 6.70. The summed E-state index contributed by atoms with van der Waals surface area (Å²) in [5.74, 6) is 0.171. The lowest BCUT2D eigenvalue weighted by molar-refractivity contribution is -0.130. The van der Waals surface area contributed by atoms with Gasteiger partial charge in [-0.2, -0.15) is 0 Å². The van der Waals surface area contributed by atoms with Crippen LogP contribution in [0.2, 0.25) is 0 Å². The Morgan fingerprint density at radius 1 is 1.56 bits per heavy atom. The monoisotopic (exact) mass is 247 g/mol. The van der Waals surface area contributed by atoms with E-state index in [1.54, 1.807) is 6.20 Å². The number of hydrogen-bond acceptors (Lipinski definition) is 3. The van der Waals surface area contributed by atoms with E-state index in [4.69, 9.17) is 0 Å². The Morgan fingerprint density at radius 3 is 3.06 bits per heavy atom. The number of nitrogens with one attached hydrogen (secondary N) is 1. The normalized spacial score (nSPS) is 18.8. The first-order chi connectivity index (χ1) is 8.79. The number of carbonyl (C=O) groups excluding carboxylic acids is 1. The number of rotatable bonds is 5. The SMILES string of the molecule is CCN(CC1CCCN1)C(=O)Cc1ccccn1. The summed E-state index contributed by atoms with van der Waals surface area (Å²) >= 11 is 0. The topological polar surface area (TPSA) is 45.2 Å². The molecule has 0 spiro atoms. The van der Waals surface area contributed by atoms with Crippen molar-refractivity contribution in [3.8, 4) is 0 Å². The van der Waals surface area contributed by atoms with E-state index in [1.807, 2.05) is 30.0 Å². The van der Waals surface area contributed by atoms with E-state index in [1.165, 1.54) is 12.8 Å². The molecule has 4 heteroatoms. The molecular weight excluding hydrogens is 226 g/mol. The summed E-state index contributed by atoms with van der Waals surface area (Å²) in [6, 6.07) is 6.16. The second-order valence-corrected chi connectivity index (χ2v) is 4.72. The van der Waals surface area contributed by atoms with Gasteiger partial charge in [0.15, 0.2) is 0 Å². The van der Waals surface area contributed by atoms with Gasteiger partial charge in [0.25, 0.3) is 0 Å². The fourth-order valence-corrected chi connectivity index (χ4v) is 2.36. The zero-order valence-corrected chi connectivity index (χ0v) is 10.9. The van der Waals surface area contributed by atoms with Crippen LogP contribution < -0.4 is 5.32 Å². The van der Waals surface area contributed by atoms with Gasteiger partial charge >= 0.3 is 0 Å². The molecule has 1 aromatic rings. The van der Waals surface area contributed by atoms with Gasteiger partial charge in [-0.05, 0) is 38.4 Å². The molecule has 1 fully saturated rings. The van der Waals surface area contributed by atoms with Crippen molar-refractivity contribution in [2.24, 2.45) is 0 Å². The molecule has 1 atom stereocenters. The first kappa shape index (κ1) is 13.0. The lowest BCUT2D eigenvalue weighted by atomic mass is 10.2. The summed E-state index contributed by atoms with van der Waals surface area (Å²) in [6.45, 7) is 4.70. The number of nitrogens with zero attached hydrogens (tertiary/aromatic N) is 2. The minimum atomic E-state index is 0.171. The minimum Gasteiger partial charge on any atom is -0.341 e. The van der Waals surface area contributed by atoms with Crippen LogP contribution in [-0.2, 0) is 11.2 Å². The standard InChI is InChI=1S/C14H21N3O/c1-2-17(11-13-7-5-9-16-13)14(18)10-12-6-3-4-8-15-12/h3-4,6,8,13,16H,2,5,7,9-11H2,1H3. The highest BCUT2D eigenvalue weighted by Gasteiger charge is 2.20. The maximum Gasteiger partial charge on any atom is 0.228 e. The van der Waals surface area contributed by atoms with Gasteiger partial charge < -0.3 is 10.2 Å². The molecule has 4 nitrogen and oxygen atoms in total. The van der Waals surface area contributed by atoms with E-state index in [-0.39, 0.29) is 5.91 Å². The molecule has 0 saturated carbocycles. The quantitative estimate of drug-likeness (QED) is 0.851. The Balaban J connectivity index is 1.88. The van der Waals surface area contributed by atoms with Crippen molar-refractivity contribution < 1.29 is 4.79 Å². The van der Waals surface area contributed by atoms with Gasteiger partial charge in [0.05, 0.1) is 6.42 Å². The maximum atomic E-state index is 12.2. The Labute approximate surface area is 108 Å². The van der Waals surface area contributed by atoms with Gasteiger partial charge in [-0.3, -0.25) is 9.78 Å². The Morgan fingerprint density at radius 2 is 2.44 bits per heavy atom. The van der Waals surface area contributed by atoms with Gasteiger partial charge in [0, 0.05) is 31.0 Å². The van der Waals surface area contributed by atoms with Crippen molar-refractivity contribution in [3.63, 3.8) is 0 Å². The van der Waals surface area contributed by atoms with Crippen LogP contribution in [0.25, 0.3) is 0 Å². The summed E-state index contributed by atoms with van der Waals surface area (Å²) in [4.78, 5) is 18.3. The lowest BCUT2D eigenvalue weighted by Gasteiger charge is -2.24. The average Bonchev–Trinajstić information content (AvgIpc) is 2.90. The van der Waals surface area contributed by atoms with Crippen LogP contribution in [0, 0.1) is 0 Å². The van der Waals surface area contributed by atoms with Crippen LogP contribution in [-0.4, -0.2) is 41.5 Å². The molecule has 1 aliphatic rings. The van der Waals surface area contributed by atoms with Crippen LogP contribution >= 0.6 is 0 Å². The highest BCUT2D eigenvalue weighted by atomic mass is 16.2. The molecule has 1 N–H and O–H groups in total. The number of likely N-dealkylation sites (N-methyl/N-ethyl adjacent to an activating group) is 1. The highest BCUT2D eigenvalue weighted by molar-refractivity contribution is 5.78. The van der Waals surface area contributed by atoms with Crippen molar-refractivity contribution in [3.05, 3.63) is 30.1 Å². The zero-order valence-electron chi connectivity index (χ0n) is 10.9. The van der Waals surface area contributed by atoms with E-state index in [2.05, 4.69) is 10.3 Å². The summed E-state index contributed by atoms with van der Waals surface area (Å²) in [5, 5.41) is 3.43. The smallest absolute Gasteiger partial charge is 0.228 e. The van der Waals surface area contributed by atoms with Crippen molar-refractivity contribution >= 4 is 5.91 Å². The molecule has 98 valence electrons. The van der Waals surface area contributed by atoms with Crippen molar-refractivity contribution in [1.82, 2.24) is 15.2 Å². The summed E-state index contributed by atoms with van der Waals surface area (Å²) in [7, 11) is 0. The first-order valence-electron chi connectivity index (χ1n) is 6.70. The molecule has 2 heterocycles.